The van der Waals surface area contributed by atoms with Crippen LogP contribution in [0.2, 0.25) is 0 Å². The van der Waals surface area contributed by atoms with Crippen LogP contribution in [0.25, 0.3) is 28.3 Å². The van der Waals surface area contributed by atoms with Crippen molar-refractivity contribution in [1.82, 2.24) is 34.6 Å². The van der Waals surface area contributed by atoms with Crippen molar-refractivity contribution < 1.29 is 4.79 Å². The topological polar surface area (TPSA) is 120 Å². The largest absolute Gasteiger partial charge is 0.324 e. The molecule has 0 bridgehead atoms. The van der Waals surface area contributed by atoms with Crippen LogP contribution in [0, 0.1) is 0 Å². The molecule has 5 rings (SSSR count). The Labute approximate surface area is 181 Å². The Morgan fingerprint density at radius 1 is 0.906 bits per heavy atom. The number of nitrogens with one attached hydrogen (secondary N) is 1. The zero-order chi connectivity index (χ0) is 21.9. The second-order valence-corrected chi connectivity index (χ2v) is 6.90. The highest BCUT2D eigenvalue weighted by Crippen LogP contribution is 2.22. The van der Waals surface area contributed by atoms with E-state index in [0.717, 1.165) is 21.5 Å². The van der Waals surface area contributed by atoms with Crippen LogP contribution in [-0.2, 0) is 11.3 Å². The van der Waals surface area contributed by atoms with Crippen LogP contribution >= 0.6 is 0 Å². The van der Waals surface area contributed by atoms with Crippen molar-refractivity contribution in [2.24, 2.45) is 0 Å². The van der Waals surface area contributed by atoms with Gasteiger partial charge >= 0.3 is 0 Å². The molecule has 0 aliphatic carbocycles. The maximum atomic E-state index is 12.2. The Bertz CT molecular complexity index is 1460. The Hall–Kier alpha value is -4.73. The molecule has 1 N–H and O–H groups in total. The van der Waals surface area contributed by atoms with Gasteiger partial charge < -0.3 is 5.32 Å². The lowest BCUT2D eigenvalue weighted by atomic mass is 10.1. The number of hydrogen-bond donors (Lipinski definition) is 1. The van der Waals surface area contributed by atoms with Crippen LogP contribution in [0.5, 0.6) is 0 Å². The molecule has 156 valence electrons. The molecular weight excluding hydrogens is 408 g/mol. The van der Waals surface area contributed by atoms with Gasteiger partial charge in [0.2, 0.25) is 5.91 Å². The number of pyridine rings is 1. The van der Waals surface area contributed by atoms with Crippen molar-refractivity contribution in [1.29, 1.82) is 0 Å². The van der Waals surface area contributed by atoms with E-state index in [4.69, 9.17) is 0 Å². The molecule has 0 atom stereocenters. The molecule has 4 aromatic heterocycles. The molecule has 0 spiro atoms. The third-order valence-corrected chi connectivity index (χ3v) is 4.73. The molecule has 5 aromatic rings. The average molecular weight is 424 g/mol. The summed E-state index contributed by atoms with van der Waals surface area (Å²) in [6.45, 7) is -0.162. The molecule has 1 aromatic carbocycles. The summed E-state index contributed by atoms with van der Waals surface area (Å²) in [5.41, 5.74) is 3.29. The highest BCUT2D eigenvalue weighted by Gasteiger charge is 2.11. The number of amides is 1. The summed E-state index contributed by atoms with van der Waals surface area (Å²) in [5.74, 6) is 0.257. The first-order valence-electron chi connectivity index (χ1n) is 9.73. The Kier molecular flexibility index (Phi) is 4.92. The number of aromatic nitrogens is 7. The lowest BCUT2D eigenvalue weighted by Gasteiger charge is -2.08. The van der Waals surface area contributed by atoms with Crippen LogP contribution in [0.1, 0.15) is 0 Å². The van der Waals surface area contributed by atoms with Crippen LogP contribution in [0.4, 0.5) is 5.69 Å². The fraction of sp³-hybridized carbons (Fsp3) is 0.0455. The van der Waals surface area contributed by atoms with Gasteiger partial charge in [-0.2, -0.15) is 14.7 Å². The van der Waals surface area contributed by atoms with Crippen LogP contribution in [-0.4, -0.2) is 40.5 Å². The summed E-state index contributed by atoms with van der Waals surface area (Å²) in [4.78, 5) is 28.1. The number of anilines is 1. The Morgan fingerprint density at radius 3 is 2.53 bits per heavy atom. The van der Waals surface area contributed by atoms with Crippen molar-refractivity contribution in [2.75, 3.05) is 5.32 Å². The molecule has 0 saturated heterocycles. The quantitative estimate of drug-likeness (QED) is 0.458. The van der Waals surface area contributed by atoms with Gasteiger partial charge in [0.15, 0.2) is 11.5 Å². The number of benzene rings is 1. The summed E-state index contributed by atoms with van der Waals surface area (Å²) >= 11 is 0. The minimum Gasteiger partial charge on any atom is -0.324 e. The summed E-state index contributed by atoms with van der Waals surface area (Å²) in [6, 6.07) is 17.6. The third-order valence-electron chi connectivity index (χ3n) is 4.73. The molecule has 0 radical (unpaired) electrons. The van der Waals surface area contributed by atoms with Crippen molar-refractivity contribution in [3.05, 3.63) is 89.6 Å². The van der Waals surface area contributed by atoms with E-state index >= 15 is 0 Å². The molecule has 32 heavy (non-hydrogen) atoms. The van der Waals surface area contributed by atoms with Gasteiger partial charge in [-0.1, -0.05) is 12.1 Å². The zero-order valence-electron chi connectivity index (χ0n) is 16.7. The summed E-state index contributed by atoms with van der Waals surface area (Å²) in [7, 11) is 0. The molecule has 0 aliphatic heterocycles. The van der Waals surface area contributed by atoms with Crippen molar-refractivity contribution in [2.45, 2.75) is 6.54 Å². The van der Waals surface area contributed by atoms with Crippen LogP contribution in [0.15, 0.2) is 84.0 Å². The van der Waals surface area contributed by atoms with Crippen molar-refractivity contribution in [3.63, 3.8) is 0 Å². The lowest BCUT2D eigenvalue weighted by molar-refractivity contribution is -0.117. The summed E-state index contributed by atoms with van der Waals surface area (Å²) in [6.07, 6.45) is 4.87. The van der Waals surface area contributed by atoms with Gasteiger partial charge in [0, 0.05) is 41.5 Å². The van der Waals surface area contributed by atoms with Gasteiger partial charge in [0.1, 0.15) is 6.54 Å². The maximum Gasteiger partial charge on any atom is 0.267 e. The number of rotatable bonds is 5. The molecule has 10 nitrogen and oxygen atoms in total. The number of hydrogen-bond acceptors (Lipinski definition) is 7. The van der Waals surface area contributed by atoms with E-state index in [-0.39, 0.29) is 18.0 Å². The molecule has 0 fully saturated rings. The SMILES string of the molecule is O=C(Cn1ncccc1=O)Nc1ccc(-c2ccc3nnc(-c4cccnc4)n3n2)cc1. The molecule has 0 unspecified atom stereocenters. The van der Waals surface area contributed by atoms with Crippen molar-refractivity contribution in [3.8, 4) is 22.6 Å². The van der Waals surface area contributed by atoms with E-state index in [2.05, 4.69) is 30.7 Å². The smallest absolute Gasteiger partial charge is 0.267 e. The monoisotopic (exact) mass is 424 g/mol. The standard InChI is InChI=1S/C22H16N8O2/c31-20(14-29-21(32)4-2-12-24-29)25-17-7-5-15(6-8-17)18-9-10-19-26-27-22(30(19)28-18)16-3-1-11-23-13-16/h1-13H,14H2,(H,25,31). The first-order valence-corrected chi connectivity index (χ1v) is 9.73. The van der Waals surface area contributed by atoms with E-state index in [0.29, 0.717) is 17.2 Å². The first kappa shape index (κ1) is 19.2. The fourth-order valence-electron chi connectivity index (χ4n) is 3.18. The second kappa shape index (κ2) is 8.19. The number of carbonyl (C=O) groups is 1. The second-order valence-electron chi connectivity index (χ2n) is 6.90. The summed E-state index contributed by atoms with van der Waals surface area (Å²) in [5, 5.41) is 19.7. The van der Waals surface area contributed by atoms with Crippen LogP contribution < -0.4 is 10.9 Å². The maximum absolute atomic E-state index is 12.2. The van der Waals surface area contributed by atoms with Gasteiger partial charge in [-0.05, 0) is 42.5 Å². The molecule has 0 aliphatic rings. The molecule has 4 heterocycles. The fourth-order valence-corrected chi connectivity index (χ4v) is 3.18. The minimum absolute atomic E-state index is 0.162. The first-order chi connectivity index (χ1) is 15.7. The van der Waals surface area contributed by atoms with Crippen molar-refractivity contribution >= 4 is 17.2 Å². The highest BCUT2D eigenvalue weighted by molar-refractivity contribution is 5.90. The molecule has 0 saturated carbocycles. The molecular formula is C22H16N8O2. The van der Waals surface area contributed by atoms with Gasteiger partial charge in [0.05, 0.1) is 5.69 Å². The minimum atomic E-state index is -0.344. The molecule has 1 amide bonds. The van der Waals surface area contributed by atoms with Gasteiger partial charge in [-0.15, -0.1) is 10.2 Å². The van der Waals surface area contributed by atoms with Crippen LogP contribution in [0.3, 0.4) is 0 Å². The number of nitrogens with zero attached hydrogens (tertiary/aromatic N) is 7. The average Bonchev–Trinajstić information content (AvgIpc) is 3.25. The Balaban J connectivity index is 1.36. The number of fused-ring (bicyclic) bond motifs is 1. The summed E-state index contributed by atoms with van der Waals surface area (Å²) < 4.78 is 2.77. The predicted molar refractivity (Wildman–Crippen MR) is 117 cm³/mol. The van der Waals surface area contributed by atoms with E-state index < -0.39 is 0 Å². The Morgan fingerprint density at radius 2 is 1.75 bits per heavy atom. The van der Waals surface area contributed by atoms with Gasteiger partial charge in [0.25, 0.3) is 5.56 Å². The molecule has 10 heteroatoms. The van der Waals surface area contributed by atoms with Gasteiger partial charge in [-0.25, -0.2) is 4.68 Å². The van der Waals surface area contributed by atoms with E-state index in [1.165, 1.54) is 18.3 Å². The van der Waals surface area contributed by atoms with E-state index in [1.807, 2.05) is 36.4 Å². The normalized spacial score (nSPS) is 10.9. The van der Waals surface area contributed by atoms with E-state index in [1.54, 1.807) is 29.0 Å². The lowest BCUT2D eigenvalue weighted by Crippen LogP contribution is -2.28. The highest BCUT2D eigenvalue weighted by atomic mass is 16.2. The van der Waals surface area contributed by atoms with Gasteiger partial charge in [-0.3, -0.25) is 14.6 Å². The number of carbonyl (C=O) groups excluding carboxylic acids is 1. The third kappa shape index (κ3) is 3.84. The predicted octanol–water partition coefficient (Wildman–Crippen LogP) is 2.05. The zero-order valence-corrected chi connectivity index (χ0v) is 16.7. The van der Waals surface area contributed by atoms with E-state index in [9.17, 15) is 9.59 Å².